The van der Waals surface area contributed by atoms with Crippen LogP contribution in [0.25, 0.3) is 11.3 Å². The van der Waals surface area contributed by atoms with Crippen LogP contribution in [0.4, 0.5) is 10.1 Å². The van der Waals surface area contributed by atoms with Crippen molar-refractivity contribution in [2.45, 2.75) is 0 Å². The summed E-state index contributed by atoms with van der Waals surface area (Å²) in [6, 6.07) is 13.8. The average Bonchev–Trinajstić information content (AvgIpc) is 3.28. The highest BCUT2D eigenvalue weighted by Gasteiger charge is 2.25. The molecule has 1 saturated heterocycles. The van der Waals surface area contributed by atoms with Gasteiger partial charge in [0.2, 0.25) is 0 Å². The van der Waals surface area contributed by atoms with Crippen LogP contribution in [0, 0.1) is 5.82 Å². The van der Waals surface area contributed by atoms with Crippen molar-refractivity contribution in [1.29, 1.82) is 0 Å². The number of piperazine rings is 1. The van der Waals surface area contributed by atoms with Crippen LogP contribution in [0.3, 0.4) is 0 Å². The summed E-state index contributed by atoms with van der Waals surface area (Å²) in [5, 5.41) is 7.12. The molecule has 1 fully saturated rings. The molecule has 0 spiro atoms. The van der Waals surface area contributed by atoms with Gasteiger partial charge in [0.25, 0.3) is 5.91 Å². The molecule has 1 amide bonds. The smallest absolute Gasteiger partial charge is 0.272 e. The number of carbonyl (C=O) groups excluding carboxylic acids is 1. The van der Waals surface area contributed by atoms with Crippen LogP contribution in [-0.2, 0) is 0 Å². The molecular formula is C22H23FN4O3. The molecule has 0 unspecified atom stereocenters. The molecule has 8 heteroatoms. The fraction of sp³-hybridized carbons (Fsp3) is 0.273. The molecule has 0 bridgehead atoms. The van der Waals surface area contributed by atoms with E-state index in [9.17, 15) is 9.18 Å². The van der Waals surface area contributed by atoms with E-state index < -0.39 is 0 Å². The first-order valence-corrected chi connectivity index (χ1v) is 9.67. The minimum atomic E-state index is -0.246. The number of hydrogen-bond donors (Lipinski definition) is 1. The highest BCUT2D eigenvalue weighted by Crippen LogP contribution is 2.32. The molecule has 1 aliphatic rings. The summed E-state index contributed by atoms with van der Waals surface area (Å²) in [5.74, 6) is 0.909. The first-order chi connectivity index (χ1) is 14.6. The number of ether oxygens (including phenoxy) is 2. The standard InChI is InChI=1S/C22H23FN4O3/c1-29-15-7-8-16(21(13-15)30-2)18-14-19(25-24-18)22(28)27-11-9-26(10-12-27)20-6-4-3-5-17(20)23/h3-8,13-14H,9-12H2,1-2H3,(H,24,25). The SMILES string of the molecule is COc1ccc(-c2cc(C(=O)N3CCN(c4ccccc4F)CC3)[nH]n2)c(OC)c1. The van der Waals surface area contributed by atoms with E-state index in [2.05, 4.69) is 10.2 Å². The van der Waals surface area contributed by atoms with Crippen molar-refractivity contribution in [2.24, 2.45) is 0 Å². The van der Waals surface area contributed by atoms with E-state index >= 15 is 0 Å². The lowest BCUT2D eigenvalue weighted by atomic mass is 10.1. The topological polar surface area (TPSA) is 70.7 Å². The first-order valence-electron chi connectivity index (χ1n) is 9.67. The van der Waals surface area contributed by atoms with Crippen LogP contribution < -0.4 is 14.4 Å². The number of benzene rings is 2. The minimum absolute atomic E-state index is 0.130. The maximum absolute atomic E-state index is 14.0. The van der Waals surface area contributed by atoms with Crippen molar-refractivity contribution >= 4 is 11.6 Å². The van der Waals surface area contributed by atoms with E-state index in [1.807, 2.05) is 23.1 Å². The number of methoxy groups -OCH3 is 2. The predicted molar refractivity (Wildman–Crippen MR) is 112 cm³/mol. The highest BCUT2D eigenvalue weighted by molar-refractivity contribution is 5.93. The lowest BCUT2D eigenvalue weighted by Crippen LogP contribution is -2.49. The molecule has 0 atom stereocenters. The van der Waals surface area contributed by atoms with Crippen molar-refractivity contribution < 1.29 is 18.7 Å². The second kappa shape index (κ2) is 8.44. The van der Waals surface area contributed by atoms with Gasteiger partial charge in [-0.1, -0.05) is 12.1 Å². The zero-order valence-electron chi connectivity index (χ0n) is 16.9. The number of aromatic nitrogens is 2. The molecule has 4 rings (SSSR count). The van der Waals surface area contributed by atoms with Crippen molar-refractivity contribution in [3.8, 4) is 22.8 Å². The van der Waals surface area contributed by atoms with Crippen molar-refractivity contribution in [3.05, 3.63) is 60.0 Å². The number of aromatic amines is 1. The molecule has 2 heterocycles. The van der Waals surface area contributed by atoms with Crippen LogP contribution in [0.2, 0.25) is 0 Å². The molecule has 3 aromatic rings. The van der Waals surface area contributed by atoms with E-state index in [0.29, 0.717) is 54.8 Å². The molecular weight excluding hydrogens is 387 g/mol. The van der Waals surface area contributed by atoms with Crippen molar-refractivity contribution in [2.75, 3.05) is 45.3 Å². The Balaban J connectivity index is 1.46. The number of nitrogens with one attached hydrogen (secondary N) is 1. The van der Waals surface area contributed by atoms with Crippen LogP contribution in [0.5, 0.6) is 11.5 Å². The highest BCUT2D eigenvalue weighted by atomic mass is 19.1. The largest absolute Gasteiger partial charge is 0.497 e. The quantitative estimate of drug-likeness (QED) is 0.700. The van der Waals surface area contributed by atoms with Crippen LogP contribution in [0.1, 0.15) is 10.5 Å². The number of halogens is 1. The molecule has 2 aromatic carbocycles. The Kier molecular flexibility index (Phi) is 5.56. The summed E-state index contributed by atoms with van der Waals surface area (Å²) < 4.78 is 24.7. The summed E-state index contributed by atoms with van der Waals surface area (Å²) in [7, 11) is 3.16. The molecule has 30 heavy (non-hydrogen) atoms. The Morgan fingerprint density at radius 1 is 1.03 bits per heavy atom. The summed E-state index contributed by atoms with van der Waals surface area (Å²) in [6.45, 7) is 2.15. The van der Waals surface area contributed by atoms with E-state index in [0.717, 1.165) is 5.56 Å². The third-order valence-corrected chi connectivity index (χ3v) is 5.25. The first kappa shape index (κ1) is 19.8. The molecule has 0 aliphatic carbocycles. The average molecular weight is 410 g/mol. The number of H-pyrrole nitrogens is 1. The molecule has 156 valence electrons. The van der Waals surface area contributed by atoms with Gasteiger partial charge in [0.05, 0.1) is 25.6 Å². The van der Waals surface area contributed by atoms with Gasteiger partial charge >= 0.3 is 0 Å². The fourth-order valence-corrected chi connectivity index (χ4v) is 3.61. The molecule has 7 nitrogen and oxygen atoms in total. The van der Waals surface area contributed by atoms with E-state index in [1.165, 1.54) is 6.07 Å². The van der Waals surface area contributed by atoms with Gasteiger partial charge in [-0.2, -0.15) is 5.10 Å². The Morgan fingerprint density at radius 2 is 1.80 bits per heavy atom. The monoisotopic (exact) mass is 410 g/mol. The predicted octanol–water partition coefficient (Wildman–Crippen LogP) is 3.20. The molecule has 1 aromatic heterocycles. The summed E-state index contributed by atoms with van der Waals surface area (Å²) in [4.78, 5) is 16.6. The Morgan fingerprint density at radius 3 is 2.50 bits per heavy atom. The van der Waals surface area contributed by atoms with Gasteiger partial charge in [-0.25, -0.2) is 4.39 Å². The van der Waals surface area contributed by atoms with Gasteiger partial charge in [0.1, 0.15) is 23.0 Å². The second-order valence-electron chi connectivity index (χ2n) is 6.96. The van der Waals surface area contributed by atoms with E-state index in [4.69, 9.17) is 9.47 Å². The minimum Gasteiger partial charge on any atom is -0.497 e. The molecule has 1 aliphatic heterocycles. The summed E-state index contributed by atoms with van der Waals surface area (Å²) >= 11 is 0. The zero-order chi connectivity index (χ0) is 21.1. The maximum atomic E-state index is 14.0. The Bertz CT molecular complexity index is 1040. The lowest BCUT2D eigenvalue weighted by Gasteiger charge is -2.36. The van der Waals surface area contributed by atoms with Gasteiger partial charge in [0, 0.05) is 37.8 Å². The van der Waals surface area contributed by atoms with E-state index in [-0.39, 0.29) is 11.7 Å². The number of amides is 1. The molecule has 1 N–H and O–H groups in total. The number of para-hydroxylation sites is 1. The van der Waals surface area contributed by atoms with Gasteiger partial charge in [-0.05, 0) is 30.3 Å². The van der Waals surface area contributed by atoms with Crippen LogP contribution in [-0.4, -0.2) is 61.4 Å². The normalized spacial score (nSPS) is 14.0. The van der Waals surface area contributed by atoms with Gasteiger partial charge < -0.3 is 19.3 Å². The third-order valence-electron chi connectivity index (χ3n) is 5.25. The van der Waals surface area contributed by atoms with Crippen molar-refractivity contribution in [1.82, 2.24) is 15.1 Å². The van der Waals surface area contributed by atoms with Gasteiger partial charge in [-0.3, -0.25) is 9.89 Å². The Hall–Kier alpha value is -3.55. The second-order valence-corrected chi connectivity index (χ2v) is 6.96. The summed E-state index contributed by atoms with van der Waals surface area (Å²) in [6.07, 6.45) is 0. The third kappa shape index (κ3) is 3.80. The Labute approximate surface area is 174 Å². The van der Waals surface area contributed by atoms with Crippen LogP contribution in [0.15, 0.2) is 48.5 Å². The zero-order valence-corrected chi connectivity index (χ0v) is 16.9. The van der Waals surface area contributed by atoms with Crippen LogP contribution >= 0.6 is 0 Å². The number of nitrogens with zero attached hydrogens (tertiary/aromatic N) is 3. The van der Waals surface area contributed by atoms with Crippen molar-refractivity contribution in [3.63, 3.8) is 0 Å². The number of carbonyl (C=O) groups is 1. The number of anilines is 1. The van der Waals surface area contributed by atoms with Gasteiger partial charge in [-0.15, -0.1) is 0 Å². The fourth-order valence-electron chi connectivity index (χ4n) is 3.61. The summed E-state index contributed by atoms with van der Waals surface area (Å²) in [5.41, 5.74) is 2.35. The molecule has 0 saturated carbocycles. The maximum Gasteiger partial charge on any atom is 0.272 e. The number of hydrogen-bond acceptors (Lipinski definition) is 5. The lowest BCUT2D eigenvalue weighted by molar-refractivity contribution is 0.0740. The number of rotatable bonds is 5. The van der Waals surface area contributed by atoms with Gasteiger partial charge in [0.15, 0.2) is 0 Å². The van der Waals surface area contributed by atoms with E-state index in [1.54, 1.807) is 43.4 Å². The molecule has 0 radical (unpaired) electrons.